The van der Waals surface area contributed by atoms with Gasteiger partial charge in [-0.15, -0.1) is 16.1 Å². The van der Waals surface area contributed by atoms with Crippen molar-refractivity contribution in [2.24, 2.45) is 0 Å². The Labute approximate surface area is 208 Å². The summed E-state index contributed by atoms with van der Waals surface area (Å²) in [5.74, 6) is -0.878. The highest BCUT2D eigenvalue weighted by Crippen LogP contribution is 2.32. The minimum atomic E-state index is -1.36. The Morgan fingerprint density at radius 1 is 1.15 bits per heavy atom. The van der Waals surface area contributed by atoms with Crippen molar-refractivity contribution in [3.8, 4) is 11.1 Å². The van der Waals surface area contributed by atoms with Gasteiger partial charge in [0.1, 0.15) is 27.2 Å². The molecule has 3 rings (SSSR count). The summed E-state index contributed by atoms with van der Waals surface area (Å²) in [5, 5.41) is 14.1. The topological polar surface area (TPSA) is 101 Å². The van der Waals surface area contributed by atoms with Gasteiger partial charge in [0.05, 0.1) is 11.4 Å². The lowest BCUT2D eigenvalue weighted by Crippen LogP contribution is -2.41. The van der Waals surface area contributed by atoms with E-state index in [1.54, 1.807) is 23.5 Å². The van der Waals surface area contributed by atoms with Crippen LogP contribution < -0.4 is 10.0 Å². The maximum Gasteiger partial charge on any atom is 0.326 e. The van der Waals surface area contributed by atoms with Crippen molar-refractivity contribution < 1.29 is 19.2 Å². The summed E-state index contributed by atoms with van der Waals surface area (Å²) in [4.78, 5) is 26.4. The predicted octanol–water partition coefficient (Wildman–Crippen LogP) is 4.81. The van der Waals surface area contributed by atoms with Gasteiger partial charge in [0.15, 0.2) is 0 Å². The Morgan fingerprint density at radius 2 is 1.94 bits per heavy atom. The van der Waals surface area contributed by atoms with Gasteiger partial charge in [-0.2, -0.15) is 11.8 Å². The zero-order valence-electron chi connectivity index (χ0n) is 17.9. The standard InChI is InChI=1S/C23H24N2O4S4/c1-30-13-11-21(23(27)28)25-22(26)19-10-9-17(14-20(19)16-6-3-2-4-7-16)32-33(29)24-15-18-8-5-12-31-18/h2-10,12,14,21,24H,11,13,15H2,1H3,(H,25,26)(H,27,28). The average molecular weight is 521 g/mol. The zero-order chi connectivity index (χ0) is 23.6. The smallest absolute Gasteiger partial charge is 0.326 e. The van der Waals surface area contributed by atoms with Crippen LogP contribution in [-0.2, 0) is 21.7 Å². The first-order valence-corrected chi connectivity index (χ1v) is 14.8. The molecule has 0 aliphatic carbocycles. The van der Waals surface area contributed by atoms with Gasteiger partial charge in [0, 0.05) is 10.4 Å². The lowest BCUT2D eigenvalue weighted by Gasteiger charge is -2.17. The summed E-state index contributed by atoms with van der Waals surface area (Å²) in [6.07, 6.45) is 2.23. The van der Waals surface area contributed by atoms with E-state index < -0.39 is 28.3 Å². The highest BCUT2D eigenvalue weighted by atomic mass is 33.1. The van der Waals surface area contributed by atoms with E-state index in [1.165, 1.54) is 11.8 Å². The van der Waals surface area contributed by atoms with Crippen molar-refractivity contribution in [1.29, 1.82) is 0 Å². The molecule has 0 saturated carbocycles. The Morgan fingerprint density at radius 3 is 2.61 bits per heavy atom. The number of hydrogen-bond acceptors (Lipinski definition) is 7. The Balaban J connectivity index is 1.80. The van der Waals surface area contributed by atoms with Gasteiger partial charge >= 0.3 is 5.97 Å². The monoisotopic (exact) mass is 520 g/mol. The van der Waals surface area contributed by atoms with E-state index in [4.69, 9.17) is 0 Å². The van der Waals surface area contributed by atoms with Crippen LogP contribution >= 0.6 is 33.9 Å². The van der Waals surface area contributed by atoms with Gasteiger partial charge in [-0.1, -0.05) is 36.4 Å². The van der Waals surface area contributed by atoms with Crippen LogP contribution in [0.25, 0.3) is 11.1 Å². The van der Waals surface area contributed by atoms with Crippen LogP contribution in [0.15, 0.2) is 70.9 Å². The summed E-state index contributed by atoms with van der Waals surface area (Å²) < 4.78 is 15.5. The van der Waals surface area contributed by atoms with Crippen LogP contribution in [0.5, 0.6) is 0 Å². The second-order valence-electron chi connectivity index (χ2n) is 6.94. The summed E-state index contributed by atoms with van der Waals surface area (Å²) in [6.45, 7) is 0.510. The number of carbonyl (C=O) groups excluding carboxylic acids is 1. The maximum atomic E-state index is 13.0. The fraction of sp³-hybridized carbons (Fsp3) is 0.217. The Hall–Kier alpha value is -1.95. The first-order chi connectivity index (χ1) is 16.0. The van der Waals surface area contributed by atoms with Crippen LogP contribution in [0.4, 0.5) is 0 Å². The first-order valence-electron chi connectivity index (χ1n) is 10.1. The van der Waals surface area contributed by atoms with Crippen molar-refractivity contribution in [2.45, 2.75) is 23.9 Å². The molecule has 10 heteroatoms. The van der Waals surface area contributed by atoms with E-state index in [-0.39, 0.29) is 0 Å². The molecule has 0 aliphatic rings. The van der Waals surface area contributed by atoms with Crippen molar-refractivity contribution >= 4 is 56.2 Å². The molecule has 0 fully saturated rings. The number of aliphatic carboxylic acids is 1. The molecule has 0 spiro atoms. The minimum Gasteiger partial charge on any atom is -0.586 e. The van der Waals surface area contributed by atoms with E-state index >= 15 is 0 Å². The quantitative estimate of drug-likeness (QED) is 0.233. The molecule has 0 radical (unpaired) electrons. The molecule has 1 heterocycles. The highest BCUT2D eigenvalue weighted by molar-refractivity contribution is 8.71. The SMILES string of the molecule is CSCCC(NC(=O)c1ccc(S[S+]([O-])NCc2cccs2)cc1-c1ccccc1)C(=O)O. The predicted molar refractivity (Wildman–Crippen MR) is 139 cm³/mol. The van der Waals surface area contributed by atoms with E-state index in [2.05, 4.69) is 10.0 Å². The molecule has 1 aromatic heterocycles. The highest BCUT2D eigenvalue weighted by Gasteiger charge is 2.23. The molecule has 3 N–H and O–H groups in total. The number of carboxylic acid groups (broad SMARTS) is 1. The third-order valence-electron chi connectivity index (χ3n) is 4.65. The maximum absolute atomic E-state index is 13.0. The molecule has 2 aromatic carbocycles. The van der Waals surface area contributed by atoms with Gasteiger partial charge in [-0.05, 0) is 59.2 Å². The number of nitrogens with one attached hydrogen (secondary N) is 2. The molecule has 0 aliphatic heterocycles. The van der Waals surface area contributed by atoms with E-state index in [0.29, 0.717) is 29.8 Å². The van der Waals surface area contributed by atoms with Crippen molar-refractivity contribution in [3.63, 3.8) is 0 Å². The van der Waals surface area contributed by atoms with Gasteiger partial charge in [0.2, 0.25) is 0 Å². The number of amides is 1. The molecular weight excluding hydrogens is 497 g/mol. The van der Waals surface area contributed by atoms with Crippen molar-refractivity contribution in [2.75, 3.05) is 12.0 Å². The van der Waals surface area contributed by atoms with Crippen molar-refractivity contribution in [3.05, 3.63) is 76.5 Å². The van der Waals surface area contributed by atoms with Crippen molar-refractivity contribution in [1.82, 2.24) is 10.0 Å². The summed E-state index contributed by atoms with van der Waals surface area (Å²) in [5.41, 5.74) is 1.85. The second-order valence-corrected chi connectivity index (χ2v) is 11.8. The average Bonchev–Trinajstić information content (AvgIpc) is 3.34. The zero-order valence-corrected chi connectivity index (χ0v) is 21.1. The normalized spacial score (nSPS) is 12.8. The fourth-order valence-electron chi connectivity index (χ4n) is 3.02. The van der Waals surface area contributed by atoms with E-state index in [1.807, 2.05) is 60.2 Å². The van der Waals surface area contributed by atoms with Gasteiger partial charge < -0.3 is 15.0 Å². The van der Waals surface area contributed by atoms with Crippen LogP contribution in [0, 0.1) is 0 Å². The minimum absolute atomic E-state index is 0.339. The van der Waals surface area contributed by atoms with Crippen LogP contribution in [0.1, 0.15) is 21.7 Å². The van der Waals surface area contributed by atoms with Gasteiger partial charge in [-0.3, -0.25) is 4.79 Å². The number of rotatable bonds is 12. The number of carbonyl (C=O) groups is 2. The van der Waals surface area contributed by atoms with Gasteiger partial charge in [-0.25, -0.2) is 4.79 Å². The van der Waals surface area contributed by atoms with E-state index in [9.17, 15) is 19.2 Å². The van der Waals surface area contributed by atoms with Crippen LogP contribution in [-0.4, -0.2) is 39.6 Å². The molecule has 2 unspecified atom stereocenters. The molecule has 3 aromatic rings. The number of thiophene rings is 1. The molecule has 33 heavy (non-hydrogen) atoms. The first kappa shape index (κ1) is 25.7. The van der Waals surface area contributed by atoms with Gasteiger partial charge in [0.25, 0.3) is 5.91 Å². The van der Waals surface area contributed by atoms with Crippen LogP contribution in [0.3, 0.4) is 0 Å². The molecule has 2 atom stereocenters. The second kappa shape index (κ2) is 13.1. The van der Waals surface area contributed by atoms with E-state index in [0.717, 1.165) is 26.1 Å². The molecule has 174 valence electrons. The third kappa shape index (κ3) is 7.80. The number of hydrogen-bond donors (Lipinski definition) is 3. The molecule has 6 nitrogen and oxygen atoms in total. The molecule has 0 saturated heterocycles. The lowest BCUT2D eigenvalue weighted by atomic mass is 9.99. The summed E-state index contributed by atoms with van der Waals surface area (Å²) in [7, 11) is -0.202. The Bertz CT molecular complexity index is 1050. The molecule has 0 bridgehead atoms. The largest absolute Gasteiger partial charge is 0.586 e. The number of thioether (sulfide) groups is 1. The molecular formula is C23H24N2O4S4. The summed E-state index contributed by atoms with van der Waals surface area (Å²) >= 11 is 3.12. The number of benzene rings is 2. The lowest BCUT2D eigenvalue weighted by molar-refractivity contribution is -0.139. The molecule has 1 amide bonds. The summed E-state index contributed by atoms with van der Waals surface area (Å²) in [6, 6.07) is 17.6. The number of carboxylic acids is 1. The fourth-order valence-corrected chi connectivity index (χ4v) is 6.21. The third-order valence-corrected chi connectivity index (χ3v) is 8.53. The van der Waals surface area contributed by atoms with Crippen LogP contribution in [0.2, 0.25) is 0 Å². The Kier molecular flexibility index (Phi) is 10.2.